The molecule has 1 N–H and O–H groups in total. The summed E-state index contributed by atoms with van der Waals surface area (Å²) in [7, 11) is 0. The standard InChI is InChI=1S/C16H17ClN2O/c1-12(7-8-13-5-3-2-4-6-13)19-16(20)14-9-10-18-11-15(14)17/h2-6,9-12H,7-8H2,1H3,(H,19,20). The normalized spacial score (nSPS) is 11.9. The van der Waals surface area contributed by atoms with E-state index >= 15 is 0 Å². The van der Waals surface area contributed by atoms with Crippen LogP contribution in [0.3, 0.4) is 0 Å². The number of pyridine rings is 1. The zero-order valence-corrected chi connectivity index (χ0v) is 12.1. The number of amides is 1. The zero-order valence-electron chi connectivity index (χ0n) is 11.3. The number of rotatable bonds is 5. The van der Waals surface area contributed by atoms with Crippen molar-refractivity contribution < 1.29 is 4.79 Å². The second-order valence-corrected chi connectivity index (χ2v) is 5.16. The van der Waals surface area contributed by atoms with Gasteiger partial charge in [-0.1, -0.05) is 41.9 Å². The van der Waals surface area contributed by atoms with Crippen molar-refractivity contribution in [1.82, 2.24) is 10.3 Å². The number of hydrogen-bond donors (Lipinski definition) is 1. The lowest BCUT2D eigenvalue weighted by Gasteiger charge is -2.14. The fourth-order valence-electron chi connectivity index (χ4n) is 1.96. The fourth-order valence-corrected chi connectivity index (χ4v) is 2.17. The fraction of sp³-hybridized carbons (Fsp3) is 0.250. The van der Waals surface area contributed by atoms with Gasteiger partial charge in [-0.15, -0.1) is 0 Å². The number of carbonyl (C=O) groups is 1. The number of carbonyl (C=O) groups excluding carboxylic acids is 1. The van der Waals surface area contributed by atoms with Gasteiger partial charge in [-0.25, -0.2) is 0 Å². The van der Waals surface area contributed by atoms with Gasteiger partial charge in [0, 0.05) is 18.4 Å². The predicted molar refractivity (Wildman–Crippen MR) is 80.9 cm³/mol. The van der Waals surface area contributed by atoms with Crippen molar-refractivity contribution in [3.63, 3.8) is 0 Å². The molecule has 104 valence electrons. The van der Waals surface area contributed by atoms with Crippen LogP contribution in [0.25, 0.3) is 0 Å². The van der Waals surface area contributed by atoms with Gasteiger partial charge in [-0.3, -0.25) is 9.78 Å². The summed E-state index contributed by atoms with van der Waals surface area (Å²) in [6.45, 7) is 2.00. The molecular formula is C16H17ClN2O. The second kappa shape index (κ2) is 7.06. The number of aryl methyl sites for hydroxylation is 1. The molecule has 1 aromatic carbocycles. The van der Waals surface area contributed by atoms with Gasteiger partial charge in [-0.05, 0) is 31.4 Å². The third-order valence-electron chi connectivity index (χ3n) is 3.10. The first kappa shape index (κ1) is 14.5. The van der Waals surface area contributed by atoms with E-state index in [1.165, 1.54) is 11.8 Å². The Morgan fingerprint density at radius 2 is 2.05 bits per heavy atom. The summed E-state index contributed by atoms with van der Waals surface area (Å²) in [6.07, 6.45) is 4.87. The molecule has 0 bridgehead atoms. The monoisotopic (exact) mass is 288 g/mol. The Balaban J connectivity index is 1.87. The van der Waals surface area contributed by atoms with Crippen LogP contribution >= 0.6 is 11.6 Å². The molecule has 3 nitrogen and oxygen atoms in total. The van der Waals surface area contributed by atoms with Crippen molar-refractivity contribution in [2.45, 2.75) is 25.8 Å². The molecule has 1 amide bonds. The van der Waals surface area contributed by atoms with Crippen molar-refractivity contribution in [2.75, 3.05) is 0 Å². The highest BCUT2D eigenvalue weighted by atomic mass is 35.5. The molecule has 0 radical (unpaired) electrons. The summed E-state index contributed by atoms with van der Waals surface area (Å²) in [5.41, 5.74) is 1.74. The van der Waals surface area contributed by atoms with Gasteiger partial charge in [0.05, 0.1) is 10.6 Å². The minimum atomic E-state index is -0.155. The number of nitrogens with zero attached hydrogens (tertiary/aromatic N) is 1. The number of hydrogen-bond acceptors (Lipinski definition) is 2. The second-order valence-electron chi connectivity index (χ2n) is 4.75. The van der Waals surface area contributed by atoms with Crippen LogP contribution in [-0.4, -0.2) is 16.9 Å². The molecule has 0 aliphatic carbocycles. The van der Waals surface area contributed by atoms with Crippen molar-refractivity contribution in [3.8, 4) is 0 Å². The van der Waals surface area contributed by atoms with Crippen LogP contribution in [0.4, 0.5) is 0 Å². The third kappa shape index (κ3) is 4.07. The van der Waals surface area contributed by atoms with Crippen molar-refractivity contribution >= 4 is 17.5 Å². The van der Waals surface area contributed by atoms with Crippen LogP contribution in [0, 0.1) is 0 Å². The first-order valence-corrected chi connectivity index (χ1v) is 6.99. The van der Waals surface area contributed by atoms with Gasteiger partial charge < -0.3 is 5.32 Å². The van der Waals surface area contributed by atoms with E-state index in [1.54, 1.807) is 12.3 Å². The van der Waals surface area contributed by atoms with E-state index in [-0.39, 0.29) is 11.9 Å². The SMILES string of the molecule is CC(CCc1ccccc1)NC(=O)c1ccncc1Cl. The predicted octanol–water partition coefficient (Wildman–Crippen LogP) is 3.49. The maximum Gasteiger partial charge on any atom is 0.253 e. The first-order valence-electron chi connectivity index (χ1n) is 6.61. The quantitative estimate of drug-likeness (QED) is 0.915. The van der Waals surface area contributed by atoms with Gasteiger partial charge in [0.15, 0.2) is 0 Å². The third-order valence-corrected chi connectivity index (χ3v) is 3.40. The minimum absolute atomic E-state index is 0.0898. The molecule has 1 heterocycles. The van der Waals surface area contributed by atoms with Gasteiger partial charge >= 0.3 is 0 Å². The van der Waals surface area contributed by atoms with E-state index in [0.717, 1.165) is 12.8 Å². The maximum atomic E-state index is 12.1. The molecule has 0 aliphatic heterocycles. The van der Waals surface area contributed by atoms with Gasteiger partial charge in [-0.2, -0.15) is 0 Å². The lowest BCUT2D eigenvalue weighted by atomic mass is 10.1. The summed E-state index contributed by atoms with van der Waals surface area (Å²) in [4.78, 5) is 15.9. The van der Waals surface area contributed by atoms with Gasteiger partial charge in [0.25, 0.3) is 5.91 Å². The minimum Gasteiger partial charge on any atom is -0.350 e. The van der Waals surface area contributed by atoms with Crippen molar-refractivity contribution in [1.29, 1.82) is 0 Å². The molecule has 0 spiro atoms. The van der Waals surface area contributed by atoms with E-state index in [0.29, 0.717) is 10.6 Å². The molecule has 0 aliphatic rings. The lowest BCUT2D eigenvalue weighted by molar-refractivity contribution is 0.0938. The summed E-state index contributed by atoms with van der Waals surface area (Å²) in [6, 6.07) is 11.9. The molecule has 20 heavy (non-hydrogen) atoms. The van der Waals surface area contributed by atoms with Crippen LogP contribution in [-0.2, 0) is 6.42 Å². The summed E-state index contributed by atoms with van der Waals surface area (Å²) >= 11 is 5.95. The molecule has 0 fully saturated rings. The highest BCUT2D eigenvalue weighted by molar-refractivity contribution is 6.33. The smallest absolute Gasteiger partial charge is 0.253 e. The summed E-state index contributed by atoms with van der Waals surface area (Å²) in [5.74, 6) is -0.155. The topological polar surface area (TPSA) is 42.0 Å². The number of halogens is 1. The average Bonchev–Trinajstić information content (AvgIpc) is 2.46. The molecule has 2 aromatic rings. The van der Waals surface area contributed by atoms with Crippen LogP contribution in [0.5, 0.6) is 0 Å². The van der Waals surface area contributed by atoms with Crippen LogP contribution in [0.15, 0.2) is 48.8 Å². The Morgan fingerprint density at radius 1 is 1.30 bits per heavy atom. The summed E-state index contributed by atoms with van der Waals surface area (Å²) in [5, 5.41) is 3.33. The lowest BCUT2D eigenvalue weighted by Crippen LogP contribution is -2.33. The Bertz CT molecular complexity index is 572. The molecule has 0 saturated heterocycles. The number of aromatic nitrogens is 1. The Morgan fingerprint density at radius 3 is 2.75 bits per heavy atom. The highest BCUT2D eigenvalue weighted by Gasteiger charge is 2.12. The van der Waals surface area contributed by atoms with Crippen LogP contribution in [0.1, 0.15) is 29.3 Å². The molecular weight excluding hydrogens is 272 g/mol. The zero-order chi connectivity index (χ0) is 14.4. The van der Waals surface area contributed by atoms with E-state index in [1.807, 2.05) is 25.1 Å². The van der Waals surface area contributed by atoms with E-state index in [2.05, 4.69) is 22.4 Å². The maximum absolute atomic E-state index is 12.1. The Labute approximate surface area is 124 Å². The number of nitrogens with one attached hydrogen (secondary N) is 1. The molecule has 1 unspecified atom stereocenters. The van der Waals surface area contributed by atoms with E-state index < -0.39 is 0 Å². The van der Waals surface area contributed by atoms with E-state index in [4.69, 9.17) is 11.6 Å². The average molecular weight is 289 g/mol. The Hall–Kier alpha value is -1.87. The van der Waals surface area contributed by atoms with Crippen molar-refractivity contribution in [2.24, 2.45) is 0 Å². The van der Waals surface area contributed by atoms with Gasteiger partial charge in [0.1, 0.15) is 0 Å². The molecule has 0 saturated carbocycles. The highest BCUT2D eigenvalue weighted by Crippen LogP contribution is 2.13. The number of benzene rings is 1. The summed E-state index contributed by atoms with van der Waals surface area (Å²) < 4.78 is 0. The molecule has 2 rings (SSSR count). The van der Waals surface area contributed by atoms with Crippen LogP contribution < -0.4 is 5.32 Å². The van der Waals surface area contributed by atoms with Crippen molar-refractivity contribution in [3.05, 3.63) is 64.9 Å². The molecule has 1 atom stereocenters. The van der Waals surface area contributed by atoms with Crippen LogP contribution in [0.2, 0.25) is 5.02 Å². The van der Waals surface area contributed by atoms with E-state index in [9.17, 15) is 4.79 Å². The Kier molecular flexibility index (Phi) is 5.13. The van der Waals surface area contributed by atoms with Gasteiger partial charge in [0.2, 0.25) is 0 Å². The largest absolute Gasteiger partial charge is 0.350 e. The molecule has 4 heteroatoms. The molecule has 1 aromatic heterocycles. The first-order chi connectivity index (χ1) is 9.66.